The summed E-state index contributed by atoms with van der Waals surface area (Å²) >= 11 is 0. The molecule has 0 bridgehead atoms. The molecule has 1 rings (SSSR count). The van der Waals surface area contributed by atoms with E-state index in [0.29, 0.717) is 24.5 Å². The molecular formula is C13H26N4O. The van der Waals surface area contributed by atoms with E-state index in [4.69, 9.17) is 4.42 Å². The minimum atomic E-state index is 0.0648. The van der Waals surface area contributed by atoms with Gasteiger partial charge in [0.1, 0.15) is 0 Å². The first-order valence-corrected chi connectivity index (χ1v) is 6.89. The normalized spacial score (nSPS) is 12.1. The van der Waals surface area contributed by atoms with Crippen molar-refractivity contribution in [2.45, 2.75) is 72.0 Å². The van der Waals surface area contributed by atoms with Crippen LogP contribution in [0.15, 0.2) is 4.42 Å². The first kappa shape index (κ1) is 15.0. The van der Waals surface area contributed by atoms with Gasteiger partial charge in [-0.15, -0.1) is 5.10 Å². The Hall–Kier alpha value is -1.10. The van der Waals surface area contributed by atoms with Crippen molar-refractivity contribution in [3.8, 4) is 0 Å². The second kappa shape index (κ2) is 6.73. The largest absolute Gasteiger partial charge is 0.407 e. The Balaban J connectivity index is 2.62. The third-order valence-corrected chi connectivity index (χ3v) is 3.53. The Bertz CT molecular complexity index is 336. The highest BCUT2D eigenvalue weighted by molar-refractivity contribution is 5.23. The number of hydrogen-bond donors (Lipinski definition) is 2. The second-order valence-corrected chi connectivity index (χ2v) is 5.00. The van der Waals surface area contributed by atoms with Crippen LogP contribution in [0.1, 0.15) is 59.8 Å². The van der Waals surface area contributed by atoms with Crippen LogP contribution in [0.2, 0.25) is 0 Å². The monoisotopic (exact) mass is 254 g/mol. The van der Waals surface area contributed by atoms with Crippen LogP contribution in [0, 0.1) is 0 Å². The van der Waals surface area contributed by atoms with Crippen LogP contribution in [0.5, 0.6) is 0 Å². The topological polar surface area (TPSA) is 63.0 Å². The molecule has 1 aromatic rings. The predicted octanol–water partition coefficient (Wildman–Crippen LogP) is 2.95. The van der Waals surface area contributed by atoms with E-state index in [1.165, 1.54) is 0 Å². The van der Waals surface area contributed by atoms with E-state index < -0.39 is 0 Å². The zero-order valence-corrected chi connectivity index (χ0v) is 12.2. The van der Waals surface area contributed by atoms with Crippen molar-refractivity contribution < 1.29 is 4.42 Å². The van der Waals surface area contributed by atoms with Gasteiger partial charge in [-0.2, -0.15) is 0 Å². The average Bonchev–Trinajstić information content (AvgIpc) is 2.81. The zero-order valence-electron chi connectivity index (χ0n) is 12.2. The SMILES string of the molecule is CCC(CC)(CC)Nc1nnc(CNC(C)C)o1. The molecule has 0 spiro atoms. The molecule has 5 nitrogen and oxygen atoms in total. The molecule has 5 heteroatoms. The summed E-state index contributed by atoms with van der Waals surface area (Å²) in [5.41, 5.74) is 0.0648. The summed E-state index contributed by atoms with van der Waals surface area (Å²) in [5.74, 6) is 0.628. The van der Waals surface area contributed by atoms with Crippen molar-refractivity contribution in [3.05, 3.63) is 5.89 Å². The molecule has 0 radical (unpaired) electrons. The van der Waals surface area contributed by atoms with E-state index >= 15 is 0 Å². The minimum absolute atomic E-state index is 0.0648. The van der Waals surface area contributed by atoms with Crippen molar-refractivity contribution in [3.63, 3.8) is 0 Å². The summed E-state index contributed by atoms with van der Waals surface area (Å²) in [7, 11) is 0. The van der Waals surface area contributed by atoms with Gasteiger partial charge in [-0.3, -0.25) is 0 Å². The molecule has 0 saturated carbocycles. The standard InChI is InChI=1S/C13H26N4O/c1-6-13(7-2,8-3)15-12-17-16-11(18-12)9-14-10(4)5/h10,14H,6-9H2,1-5H3,(H,15,17). The van der Waals surface area contributed by atoms with Crippen LogP contribution in [0.4, 0.5) is 6.01 Å². The molecule has 0 aromatic carbocycles. The lowest BCUT2D eigenvalue weighted by Gasteiger charge is -2.30. The number of hydrogen-bond acceptors (Lipinski definition) is 5. The summed E-state index contributed by atoms with van der Waals surface area (Å²) in [4.78, 5) is 0. The Morgan fingerprint density at radius 1 is 1.11 bits per heavy atom. The molecule has 1 heterocycles. The van der Waals surface area contributed by atoms with Crippen molar-refractivity contribution in [2.75, 3.05) is 5.32 Å². The third kappa shape index (κ3) is 3.98. The van der Waals surface area contributed by atoms with E-state index in [1.807, 2.05) is 0 Å². The quantitative estimate of drug-likeness (QED) is 0.746. The fourth-order valence-corrected chi connectivity index (χ4v) is 1.91. The zero-order chi connectivity index (χ0) is 13.6. The summed E-state index contributed by atoms with van der Waals surface area (Å²) in [6, 6.07) is 0.940. The van der Waals surface area contributed by atoms with Gasteiger partial charge in [-0.1, -0.05) is 39.7 Å². The first-order chi connectivity index (χ1) is 8.55. The molecule has 0 amide bonds. The number of anilines is 1. The van der Waals surface area contributed by atoms with E-state index in [0.717, 1.165) is 19.3 Å². The van der Waals surface area contributed by atoms with Gasteiger partial charge in [0.05, 0.1) is 6.54 Å². The van der Waals surface area contributed by atoms with Gasteiger partial charge >= 0.3 is 6.01 Å². The Morgan fingerprint density at radius 3 is 2.22 bits per heavy atom. The Labute approximate surface area is 110 Å². The van der Waals surface area contributed by atoms with Crippen molar-refractivity contribution in [2.24, 2.45) is 0 Å². The highest BCUT2D eigenvalue weighted by Crippen LogP contribution is 2.24. The first-order valence-electron chi connectivity index (χ1n) is 6.89. The molecule has 0 fully saturated rings. The van der Waals surface area contributed by atoms with Crippen LogP contribution < -0.4 is 10.6 Å². The van der Waals surface area contributed by atoms with Gasteiger partial charge in [-0.25, -0.2) is 0 Å². The van der Waals surface area contributed by atoms with E-state index in [1.54, 1.807) is 0 Å². The third-order valence-electron chi connectivity index (χ3n) is 3.53. The van der Waals surface area contributed by atoms with Crippen LogP contribution in [0.3, 0.4) is 0 Å². The minimum Gasteiger partial charge on any atom is -0.407 e. The van der Waals surface area contributed by atoms with Crippen LogP contribution in [-0.2, 0) is 6.54 Å². The highest BCUT2D eigenvalue weighted by Gasteiger charge is 2.25. The van der Waals surface area contributed by atoms with E-state index in [9.17, 15) is 0 Å². The highest BCUT2D eigenvalue weighted by atomic mass is 16.4. The maximum Gasteiger partial charge on any atom is 0.315 e. The van der Waals surface area contributed by atoms with Gasteiger partial charge in [0.15, 0.2) is 0 Å². The number of rotatable bonds is 8. The summed E-state index contributed by atoms with van der Waals surface area (Å²) < 4.78 is 5.60. The molecule has 0 saturated heterocycles. The lowest BCUT2D eigenvalue weighted by atomic mass is 9.90. The number of nitrogens with zero attached hydrogens (tertiary/aromatic N) is 2. The molecule has 0 unspecified atom stereocenters. The Morgan fingerprint density at radius 2 is 1.72 bits per heavy atom. The molecule has 18 heavy (non-hydrogen) atoms. The van der Waals surface area contributed by atoms with Gasteiger partial charge in [0.2, 0.25) is 5.89 Å². The average molecular weight is 254 g/mol. The number of nitrogens with one attached hydrogen (secondary N) is 2. The molecule has 0 aliphatic carbocycles. The molecule has 0 aliphatic heterocycles. The molecule has 1 aromatic heterocycles. The fourth-order valence-electron chi connectivity index (χ4n) is 1.91. The smallest absolute Gasteiger partial charge is 0.315 e. The van der Waals surface area contributed by atoms with Crippen molar-refractivity contribution in [1.82, 2.24) is 15.5 Å². The molecule has 104 valence electrons. The molecule has 0 aliphatic rings. The second-order valence-electron chi connectivity index (χ2n) is 5.00. The molecule has 2 N–H and O–H groups in total. The van der Waals surface area contributed by atoms with Gasteiger partial charge in [0.25, 0.3) is 0 Å². The van der Waals surface area contributed by atoms with E-state index in [2.05, 4.69) is 55.4 Å². The van der Waals surface area contributed by atoms with Gasteiger partial charge in [0, 0.05) is 11.6 Å². The summed E-state index contributed by atoms with van der Waals surface area (Å²) in [6.45, 7) is 11.3. The molecule has 0 atom stereocenters. The lowest BCUT2D eigenvalue weighted by molar-refractivity contribution is 0.392. The number of aromatic nitrogens is 2. The fraction of sp³-hybridized carbons (Fsp3) is 0.846. The van der Waals surface area contributed by atoms with Crippen molar-refractivity contribution >= 4 is 6.01 Å². The van der Waals surface area contributed by atoms with Crippen LogP contribution in [-0.4, -0.2) is 21.8 Å². The Kier molecular flexibility index (Phi) is 5.59. The van der Waals surface area contributed by atoms with Crippen molar-refractivity contribution in [1.29, 1.82) is 0 Å². The van der Waals surface area contributed by atoms with Gasteiger partial charge < -0.3 is 15.1 Å². The van der Waals surface area contributed by atoms with Gasteiger partial charge in [-0.05, 0) is 19.3 Å². The van der Waals surface area contributed by atoms with E-state index in [-0.39, 0.29) is 5.54 Å². The maximum absolute atomic E-state index is 5.60. The lowest BCUT2D eigenvalue weighted by Crippen LogP contribution is -2.36. The molecular weight excluding hydrogens is 228 g/mol. The predicted molar refractivity (Wildman–Crippen MR) is 73.5 cm³/mol. The summed E-state index contributed by atoms with van der Waals surface area (Å²) in [6.07, 6.45) is 3.13. The van der Waals surface area contributed by atoms with Crippen LogP contribution in [0.25, 0.3) is 0 Å². The van der Waals surface area contributed by atoms with Crippen LogP contribution >= 0.6 is 0 Å². The summed E-state index contributed by atoms with van der Waals surface area (Å²) in [5, 5.41) is 14.7. The maximum atomic E-state index is 5.60.